The average Bonchev–Trinajstić information content (AvgIpc) is 3.17. The number of thiophene rings is 1. The summed E-state index contributed by atoms with van der Waals surface area (Å²) in [6, 6.07) is 3.80. The molecule has 1 aliphatic heterocycles. The molecule has 3 aliphatic rings. The van der Waals surface area contributed by atoms with Crippen LogP contribution in [0.3, 0.4) is 0 Å². The summed E-state index contributed by atoms with van der Waals surface area (Å²) in [5, 5.41) is 6.93. The molecule has 5 heteroatoms. The molecule has 0 spiro atoms. The highest BCUT2D eigenvalue weighted by atomic mass is 32.1. The van der Waals surface area contributed by atoms with Gasteiger partial charge in [0.15, 0.2) is 0 Å². The molecule has 1 aromatic heterocycles. The molecule has 2 aliphatic carbocycles. The number of hydrogen-bond acceptors (Lipinski definition) is 4. The fourth-order valence-electron chi connectivity index (χ4n) is 3.68. The van der Waals surface area contributed by atoms with E-state index in [1.54, 1.807) is 11.3 Å². The summed E-state index contributed by atoms with van der Waals surface area (Å²) in [5.74, 6) is 0.719. The largest absolute Gasteiger partial charge is 0.381 e. The van der Waals surface area contributed by atoms with Crippen LogP contribution in [0.1, 0.15) is 64.6 Å². The van der Waals surface area contributed by atoms with Crippen molar-refractivity contribution in [1.29, 1.82) is 0 Å². The molecule has 0 bridgehead atoms. The Balaban J connectivity index is 1.36. The highest BCUT2D eigenvalue weighted by Gasteiger charge is 2.41. The molecule has 126 valence electrons. The maximum atomic E-state index is 12.5. The molecule has 4 rings (SSSR count). The Morgan fingerprint density at radius 2 is 2.00 bits per heavy atom. The van der Waals surface area contributed by atoms with Crippen molar-refractivity contribution in [2.45, 2.75) is 69.5 Å². The number of amides is 1. The maximum Gasteiger partial charge on any atom is 0.261 e. The Labute approximate surface area is 142 Å². The molecule has 2 saturated carbocycles. The van der Waals surface area contributed by atoms with Gasteiger partial charge in [-0.2, -0.15) is 0 Å². The predicted octanol–water partition coefficient (Wildman–Crippen LogP) is 2.96. The summed E-state index contributed by atoms with van der Waals surface area (Å²) in [7, 11) is 0. The number of hydrogen-bond donors (Lipinski definition) is 2. The van der Waals surface area contributed by atoms with E-state index in [1.165, 1.54) is 36.1 Å². The molecule has 0 aromatic carbocycles. The van der Waals surface area contributed by atoms with Crippen LogP contribution < -0.4 is 10.6 Å². The van der Waals surface area contributed by atoms with E-state index in [4.69, 9.17) is 4.74 Å². The SMILES string of the molecule is Cc1sc(C(=O)NC2CCOCC2)cc1C1CC1NC1CCC1. The van der Waals surface area contributed by atoms with Crippen molar-refractivity contribution in [1.82, 2.24) is 10.6 Å². The van der Waals surface area contributed by atoms with Gasteiger partial charge >= 0.3 is 0 Å². The lowest BCUT2D eigenvalue weighted by molar-refractivity contribution is 0.0698. The lowest BCUT2D eigenvalue weighted by atomic mass is 9.93. The molecule has 1 saturated heterocycles. The molecule has 2 heterocycles. The zero-order valence-electron chi connectivity index (χ0n) is 13.8. The number of carbonyl (C=O) groups is 1. The molecule has 4 nitrogen and oxygen atoms in total. The molecular formula is C18H26N2O2S. The first-order valence-corrected chi connectivity index (χ1v) is 9.77. The van der Waals surface area contributed by atoms with Crippen LogP contribution in [0.25, 0.3) is 0 Å². The first-order valence-electron chi connectivity index (χ1n) is 8.95. The topological polar surface area (TPSA) is 50.4 Å². The summed E-state index contributed by atoms with van der Waals surface area (Å²) in [4.78, 5) is 14.7. The third-order valence-electron chi connectivity index (χ3n) is 5.48. The summed E-state index contributed by atoms with van der Waals surface area (Å²) >= 11 is 1.65. The molecule has 0 radical (unpaired) electrons. The van der Waals surface area contributed by atoms with Gasteiger partial charge < -0.3 is 15.4 Å². The molecule has 3 fully saturated rings. The van der Waals surface area contributed by atoms with Crippen molar-refractivity contribution in [2.75, 3.05) is 13.2 Å². The van der Waals surface area contributed by atoms with E-state index in [1.807, 2.05) is 0 Å². The smallest absolute Gasteiger partial charge is 0.261 e. The van der Waals surface area contributed by atoms with E-state index < -0.39 is 0 Å². The fraction of sp³-hybridized carbons (Fsp3) is 0.722. The van der Waals surface area contributed by atoms with Crippen molar-refractivity contribution in [3.63, 3.8) is 0 Å². The molecule has 23 heavy (non-hydrogen) atoms. The fourth-order valence-corrected chi connectivity index (χ4v) is 4.67. The number of aryl methyl sites for hydroxylation is 1. The van der Waals surface area contributed by atoms with Gasteiger partial charge in [-0.15, -0.1) is 11.3 Å². The van der Waals surface area contributed by atoms with Gasteiger partial charge in [0.1, 0.15) is 0 Å². The minimum atomic E-state index is 0.0976. The van der Waals surface area contributed by atoms with E-state index in [0.717, 1.165) is 37.0 Å². The summed E-state index contributed by atoms with van der Waals surface area (Å²) in [6.07, 6.45) is 7.14. The standard InChI is InChI=1S/C18H26N2O2S/c1-11-14(15-9-16(15)19-12-3-2-4-12)10-17(23-11)18(21)20-13-5-7-22-8-6-13/h10,12-13,15-16,19H,2-9H2,1H3,(H,20,21). The van der Waals surface area contributed by atoms with Gasteiger partial charge in [0.05, 0.1) is 4.88 Å². The van der Waals surface area contributed by atoms with Gasteiger partial charge in [-0.05, 0) is 50.7 Å². The van der Waals surface area contributed by atoms with Crippen LogP contribution in [-0.4, -0.2) is 37.2 Å². The predicted molar refractivity (Wildman–Crippen MR) is 92.3 cm³/mol. The van der Waals surface area contributed by atoms with Crippen LogP contribution in [0.2, 0.25) is 0 Å². The third kappa shape index (κ3) is 3.47. The van der Waals surface area contributed by atoms with Gasteiger partial charge in [0.2, 0.25) is 0 Å². The number of nitrogens with one attached hydrogen (secondary N) is 2. The lowest BCUT2D eigenvalue weighted by Crippen LogP contribution is -2.38. The average molecular weight is 334 g/mol. The van der Waals surface area contributed by atoms with E-state index in [9.17, 15) is 4.79 Å². The summed E-state index contributed by atoms with van der Waals surface area (Å²) < 4.78 is 5.35. The van der Waals surface area contributed by atoms with E-state index in [2.05, 4.69) is 23.6 Å². The zero-order chi connectivity index (χ0) is 15.8. The first-order chi connectivity index (χ1) is 11.2. The molecule has 2 atom stereocenters. The van der Waals surface area contributed by atoms with Gasteiger partial charge in [0.25, 0.3) is 5.91 Å². The highest BCUT2D eigenvalue weighted by molar-refractivity contribution is 7.14. The van der Waals surface area contributed by atoms with Crippen LogP contribution in [0, 0.1) is 6.92 Å². The second-order valence-corrected chi connectivity index (χ2v) is 8.48. The Morgan fingerprint density at radius 1 is 1.22 bits per heavy atom. The van der Waals surface area contributed by atoms with Crippen LogP contribution in [0.15, 0.2) is 6.07 Å². The van der Waals surface area contributed by atoms with E-state index in [-0.39, 0.29) is 11.9 Å². The van der Waals surface area contributed by atoms with Crippen LogP contribution >= 0.6 is 11.3 Å². The second-order valence-electron chi connectivity index (χ2n) is 7.23. The Morgan fingerprint density at radius 3 is 2.70 bits per heavy atom. The maximum absolute atomic E-state index is 12.5. The van der Waals surface area contributed by atoms with Crippen molar-refractivity contribution in [3.05, 3.63) is 21.4 Å². The van der Waals surface area contributed by atoms with Crippen molar-refractivity contribution >= 4 is 17.2 Å². The minimum Gasteiger partial charge on any atom is -0.381 e. The molecule has 2 N–H and O–H groups in total. The quantitative estimate of drug-likeness (QED) is 0.870. The van der Waals surface area contributed by atoms with E-state index in [0.29, 0.717) is 12.0 Å². The van der Waals surface area contributed by atoms with Gasteiger partial charge in [-0.3, -0.25) is 4.79 Å². The Bertz CT molecular complexity index is 576. The molecular weight excluding hydrogens is 308 g/mol. The minimum absolute atomic E-state index is 0.0976. The molecule has 1 amide bonds. The second kappa shape index (κ2) is 6.54. The van der Waals surface area contributed by atoms with Gasteiger partial charge in [0, 0.05) is 42.1 Å². The normalized spacial score (nSPS) is 28.4. The number of rotatable bonds is 5. The first kappa shape index (κ1) is 15.6. The highest BCUT2D eigenvalue weighted by Crippen LogP contribution is 2.45. The summed E-state index contributed by atoms with van der Waals surface area (Å²) in [5.41, 5.74) is 1.39. The number of ether oxygens (including phenoxy) is 1. The van der Waals surface area contributed by atoms with Crippen molar-refractivity contribution in [3.8, 4) is 0 Å². The molecule has 1 aromatic rings. The van der Waals surface area contributed by atoms with Crippen LogP contribution in [0.4, 0.5) is 0 Å². The van der Waals surface area contributed by atoms with E-state index >= 15 is 0 Å². The molecule has 2 unspecified atom stereocenters. The summed E-state index contributed by atoms with van der Waals surface area (Å²) in [6.45, 7) is 3.68. The Hall–Kier alpha value is -0.910. The van der Waals surface area contributed by atoms with Crippen molar-refractivity contribution < 1.29 is 9.53 Å². The van der Waals surface area contributed by atoms with Crippen LogP contribution in [-0.2, 0) is 4.74 Å². The monoisotopic (exact) mass is 334 g/mol. The number of carbonyl (C=O) groups excluding carboxylic acids is 1. The zero-order valence-corrected chi connectivity index (χ0v) is 14.6. The Kier molecular flexibility index (Phi) is 4.43. The van der Waals surface area contributed by atoms with Crippen LogP contribution in [0.5, 0.6) is 0 Å². The van der Waals surface area contributed by atoms with Crippen molar-refractivity contribution in [2.24, 2.45) is 0 Å². The lowest BCUT2D eigenvalue weighted by Gasteiger charge is -2.26. The third-order valence-corrected chi connectivity index (χ3v) is 6.55. The van der Waals surface area contributed by atoms with Gasteiger partial charge in [-0.25, -0.2) is 0 Å². The van der Waals surface area contributed by atoms with Gasteiger partial charge in [-0.1, -0.05) is 6.42 Å².